The summed E-state index contributed by atoms with van der Waals surface area (Å²) in [4.78, 5) is 37.7. The summed E-state index contributed by atoms with van der Waals surface area (Å²) in [7, 11) is 0. The van der Waals surface area contributed by atoms with E-state index in [1.165, 1.54) is 167 Å². The van der Waals surface area contributed by atoms with E-state index in [-0.39, 0.29) is 31.1 Å². The molecule has 0 amide bonds. The Bertz CT molecular complexity index is 870. The quantitative estimate of drug-likeness (QED) is 0.0346. The zero-order chi connectivity index (χ0) is 41.9. The van der Waals surface area contributed by atoms with E-state index < -0.39 is 6.10 Å². The van der Waals surface area contributed by atoms with Crippen LogP contribution in [0, 0.1) is 11.8 Å². The first-order valence-corrected chi connectivity index (χ1v) is 25.2. The topological polar surface area (TPSA) is 78.9 Å². The van der Waals surface area contributed by atoms with Gasteiger partial charge in [-0.15, -0.1) is 0 Å². The molecule has 0 aromatic carbocycles. The fourth-order valence-electron chi connectivity index (χ4n) is 7.64. The third-order valence-electron chi connectivity index (χ3n) is 11.5. The van der Waals surface area contributed by atoms with Crippen LogP contribution >= 0.6 is 0 Å². The van der Waals surface area contributed by atoms with Crippen molar-refractivity contribution < 1.29 is 28.6 Å². The number of carbonyl (C=O) groups is 3. The van der Waals surface area contributed by atoms with E-state index >= 15 is 0 Å². The van der Waals surface area contributed by atoms with Crippen molar-refractivity contribution in [2.75, 3.05) is 13.2 Å². The minimum Gasteiger partial charge on any atom is -0.462 e. The molecule has 57 heavy (non-hydrogen) atoms. The van der Waals surface area contributed by atoms with Crippen molar-refractivity contribution in [2.45, 2.75) is 285 Å². The Hall–Kier alpha value is -1.59. The third-order valence-corrected chi connectivity index (χ3v) is 11.5. The highest BCUT2D eigenvalue weighted by Gasteiger charge is 2.19. The first kappa shape index (κ1) is 55.4. The summed E-state index contributed by atoms with van der Waals surface area (Å²) in [6.07, 6.45) is 43.9. The van der Waals surface area contributed by atoms with Gasteiger partial charge in [0.1, 0.15) is 13.2 Å². The molecule has 0 saturated carbocycles. The Morgan fingerprint density at radius 1 is 0.333 bits per heavy atom. The van der Waals surface area contributed by atoms with Crippen LogP contribution in [-0.4, -0.2) is 37.2 Å². The standard InChI is InChI=1S/C51H98O6/c1-6-7-8-9-24-31-36-41-49(52)55-44-48(45-56-50(53)42-37-32-27-22-19-15-17-21-26-30-35-40-47(4)5)57-51(54)43-38-33-28-23-18-14-12-10-11-13-16-20-25-29-34-39-46(2)3/h46-48H,6-45H2,1-5H3/t48-/m0/s1. The Morgan fingerprint density at radius 2 is 0.579 bits per heavy atom. The maximum Gasteiger partial charge on any atom is 0.306 e. The van der Waals surface area contributed by atoms with E-state index in [9.17, 15) is 14.4 Å². The maximum atomic E-state index is 12.8. The van der Waals surface area contributed by atoms with Crippen LogP contribution in [0.15, 0.2) is 0 Å². The molecule has 0 heterocycles. The van der Waals surface area contributed by atoms with Gasteiger partial charge in [0.15, 0.2) is 6.10 Å². The summed E-state index contributed by atoms with van der Waals surface area (Å²) in [5.41, 5.74) is 0. The summed E-state index contributed by atoms with van der Waals surface area (Å²) in [5.74, 6) is 0.819. The van der Waals surface area contributed by atoms with Crippen LogP contribution in [0.2, 0.25) is 0 Å². The zero-order valence-electron chi connectivity index (χ0n) is 39.0. The van der Waals surface area contributed by atoms with Gasteiger partial charge in [-0.2, -0.15) is 0 Å². The average Bonchev–Trinajstić information content (AvgIpc) is 3.18. The first-order valence-electron chi connectivity index (χ1n) is 25.2. The lowest BCUT2D eigenvalue weighted by Crippen LogP contribution is -2.30. The van der Waals surface area contributed by atoms with Gasteiger partial charge in [-0.1, -0.05) is 240 Å². The molecule has 0 aliphatic heterocycles. The summed E-state index contributed by atoms with van der Waals surface area (Å²) >= 11 is 0. The van der Waals surface area contributed by atoms with Crippen LogP contribution in [0.1, 0.15) is 279 Å². The van der Waals surface area contributed by atoms with Crippen LogP contribution in [-0.2, 0) is 28.6 Å². The molecule has 0 aromatic heterocycles. The van der Waals surface area contributed by atoms with E-state index in [0.29, 0.717) is 19.3 Å². The molecule has 0 aliphatic rings. The molecule has 0 aliphatic carbocycles. The smallest absolute Gasteiger partial charge is 0.306 e. The molecule has 0 fully saturated rings. The molecule has 0 spiro atoms. The second kappa shape index (κ2) is 44.0. The van der Waals surface area contributed by atoms with Crippen molar-refractivity contribution in [2.24, 2.45) is 11.8 Å². The maximum absolute atomic E-state index is 12.8. The molecule has 0 aromatic rings. The number of hydrogen-bond acceptors (Lipinski definition) is 6. The van der Waals surface area contributed by atoms with Crippen molar-refractivity contribution in [3.05, 3.63) is 0 Å². The predicted octanol–water partition coefficient (Wildman–Crippen LogP) is 16.1. The zero-order valence-corrected chi connectivity index (χ0v) is 39.0. The molecular weight excluding hydrogens is 709 g/mol. The SMILES string of the molecule is CCCCCCCCCC(=O)OC[C@@H](COC(=O)CCCCCCCCCCCCCC(C)C)OC(=O)CCCCCCCCCCCCCCCCCC(C)C. The van der Waals surface area contributed by atoms with Gasteiger partial charge < -0.3 is 14.2 Å². The highest BCUT2D eigenvalue weighted by atomic mass is 16.6. The monoisotopic (exact) mass is 807 g/mol. The fraction of sp³-hybridized carbons (Fsp3) is 0.941. The lowest BCUT2D eigenvalue weighted by molar-refractivity contribution is -0.167. The van der Waals surface area contributed by atoms with Crippen molar-refractivity contribution in [3.8, 4) is 0 Å². The predicted molar refractivity (Wildman–Crippen MR) is 243 cm³/mol. The van der Waals surface area contributed by atoms with E-state index in [1.54, 1.807) is 0 Å². The average molecular weight is 807 g/mol. The van der Waals surface area contributed by atoms with Crippen LogP contribution in [0.4, 0.5) is 0 Å². The molecule has 0 N–H and O–H groups in total. The molecule has 6 heteroatoms. The van der Waals surface area contributed by atoms with Gasteiger partial charge in [0.25, 0.3) is 0 Å². The first-order chi connectivity index (χ1) is 27.7. The normalized spacial score (nSPS) is 12.1. The van der Waals surface area contributed by atoms with Crippen molar-refractivity contribution in [1.29, 1.82) is 0 Å². The molecule has 1 atom stereocenters. The highest BCUT2D eigenvalue weighted by molar-refractivity contribution is 5.71. The summed E-state index contributed by atoms with van der Waals surface area (Å²) in [6.45, 7) is 11.3. The van der Waals surface area contributed by atoms with Gasteiger partial charge in [-0.25, -0.2) is 0 Å². The largest absolute Gasteiger partial charge is 0.462 e. The molecule has 0 radical (unpaired) electrons. The molecule has 0 saturated heterocycles. The number of unbranched alkanes of at least 4 members (excludes halogenated alkanes) is 30. The number of carbonyl (C=O) groups excluding carboxylic acids is 3. The molecular formula is C51H98O6. The Kier molecular flexibility index (Phi) is 42.7. The van der Waals surface area contributed by atoms with E-state index in [1.807, 2.05) is 0 Å². The van der Waals surface area contributed by atoms with Crippen molar-refractivity contribution >= 4 is 17.9 Å². The van der Waals surface area contributed by atoms with Gasteiger partial charge in [-0.3, -0.25) is 14.4 Å². The Morgan fingerprint density at radius 3 is 0.860 bits per heavy atom. The summed E-state index contributed by atoms with van der Waals surface area (Å²) < 4.78 is 16.7. The highest BCUT2D eigenvalue weighted by Crippen LogP contribution is 2.17. The number of ether oxygens (including phenoxy) is 3. The lowest BCUT2D eigenvalue weighted by Gasteiger charge is -2.18. The van der Waals surface area contributed by atoms with Crippen LogP contribution in [0.25, 0.3) is 0 Å². The molecule has 0 bridgehead atoms. The van der Waals surface area contributed by atoms with Crippen molar-refractivity contribution in [3.63, 3.8) is 0 Å². The fourth-order valence-corrected chi connectivity index (χ4v) is 7.64. The Labute approximate surface area is 355 Å². The molecule has 0 rings (SSSR count). The molecule has 6 nitrogen and oxygen atoms in total. The summed E-state index contributed by atoms with van der Waals surface area (Å²) in [5, 5.41) is 0. The van der Waals surface area contributed by atoms with E-state index in [2.05, 4.69) is 34.6 Å². The van der Waals surface area contributed by atoms with Gasteiger partial charge >= 0.3 is 17.9 Å². The third kappa shape index (κ3) is 45.3. The van der Waals surface area contributed by atoms with Gasteiger partial charge in [0, 0.05) is 19.3 Å². The van der Waals surface area contributed by atoms with E-state index in [0.717, 1.165) is 69.6 Å². The number of rotatable bonds is 45. The molecule has 0 unspecified atom stereocenters. The van der Waals surface area contributed by atoms with Crippen molar-refractivity contribution in [1.82, 2.24) is 0 Å². The lowest BCUT2D eigenvalue weighted by atomic mass is 10.0. The minimum atomic E-state index is -0.760. The second-order valence-electron chi connectivity index (χ2n) is 18.4. The second-order valence-corrected chi connectivity index (χ2v) is 18.4. The number of hydrogen-bond donors (Lipinski definition) is 0. The van der Waals surface area contributed by atoms with E-state index in [4.69, 9.17) is 14.2 Å². The summed E-state index contributed by atoms with van der Waals surface area (Å²) in [6, 6.07) is 0. The van der Waals surface area contributed by atoms with Gasteiger partial charge in [-0.05, 0) is 31.1 Å². The van der Waals surface area contributed by atoms with Crippen LogP contribution in [0.5, 0.6) is 0 Å². The van der Waals surface area contributed by atoms with Gasteiger partial charge in [0.2, 0.25) is 0 Å². The Balaban J connectivity index is 4.20. The van der Waals surface area contributed by atoms with Gasteiger partial charge in [0.05, 0.1) is 0 Å². The minimum absolute atomic E-state index is 0.0643. The van der Waals surface area contributed by atoms with Crippen LogP contribution in [0.3, 0.4) is 0 Å². The molecule has 338 valence electrons. The van der Waals surface area contributed by atoms with Crippen LogP contribution < -0.4 is 0 Å². The number of esters is 3.